The van der Waals surface area contributed by atoms with E-state index in [1.807, 2.05) is 0 Å². The first kappa shape index (κ1) is 20.3. The van der Waals surface area contributed by atoms with Crippen molar-refractivity contribution < 1.29 is 27.1 Å². The molecule has 0 saturated carbocycles. The number of carbonyl (C=O) groups excluding carboxylic acids is 2. The number of halogens is 1. The van der Waals surface area contributed by atoms with E-state index in [0.29, 0.717) is 13.0 Å². The topological polar surface area (TPSA) is 105 Å². The van der Waals surface area contributed by atoms with Gasteiger partial charge in [-0.25, -0.2) is 12.8 Å². The first-order valence-electron chi connectivity index (χ1n) is 8.19. The fourth-order valence-corrected chi connectivity index (χ4v) is 4.00. The molecule has 1 aromatic rings. The van der Waals surface area contributed by atoms with Crippen LogP contribution in [0.5, 0.6) is 0 Å². The zero-order chi connectivity index (χ0) is 19.3. The van der Waals surface area contributed by atoms with Crippen molar-refractivity contribution in [1.29, 1.82) is 0 Å². The van der Waals surface area contributed by atoms with Crippen molar-refractivity contribution in [2.45, 2.75) is 37.4 Å². The summed E-state index contributed by atoms with van der Waals surface area (Å²) in [5, 5.41) is 4.82. The Balaban J connectivity index is 2.08. The van der Waals surface area contributed by atoms with Crippen molar-refractivity contribution in [3.8, 4) is 0 Å². The SMILES string of the molecule is CC(C)NC(=O)C(=O)NC[C@H]1OCCCN1S(=O)(=O)c1ccc(F)cc1. The van der Waals surface area contributed by atoms with Crippen LogP contribution in [-0.2, 0) is 24.3 Å². The number of sulfonamides is 1. The standard InChI is InChI=1S/C16H22FN3O5S/c1-11(2)19-16(22)15(21)18-10-14-20(8-3-9-25-14)26(23,24)13-6-4-12(17)5-7-13/h4-7,11,14H,3,8-10H2,1-2H3,(H,18,21)(H,19,22)/t14-/m1/s1. The average molecular weight is 387 g/mol. The van der Waals surface area contributed by atoms with Gasteiger partial charge < -0.3 is 15.4 Å². The third-order valence-corrected chi connectivity index (χ3v) is 5.54. The molecule has 1 heterocycles. The summed E-state index contributed by atoms with van der Waals surface area (Å²) in [4.78, 5) is 23.4. The monoisotopic (exact) mass is 387 g/mol. The fraction of sp³-hybridized carbons (Fsp3) is 0.500. The van der Waals surface area contributed by atoms with E-state index in [0.717, 1.165) is 16.4 Å². The van der Waals surface area contributed by atoms with Gasteiger partial charge in [0, 0.05) is 12.6 Å². The molecular formula is C16H22FN3O5S. The van der Waals surface area contributed by atoms with Crippen LogP contribution in [0.2, 0.25) is 0 Å². The summed E-state index contributed by atoms with van der Waals surface area (Å²) in [6.45, 7) is 3.77. The molecule has 0 unspecified atom stereocenters. The molecule has 10 heteroatoms. The van der Waals surface area contributed by atoms with Crippen molar-refractivity contribution in [1.82, 2.24) is 14.9 Å². The smallest absolute Gasteiger partial charge is 0.309 e. The van der Waals surface area contributed by atoms with E-state index in [9.17, 15) is 22.4 Å². The second kappa shape index (κ2) is 8.56. The van der Waals surface area contributed by atoms with Crippen LogP contribution in [0.3, 0.4) is 0 Å². The Morgan fingerprint density at radius 1 is 1.27 bits per heavy atom. The largest absolute Gasteiger partial charge is 0.360 e. The summed E-state index contributed by atoms with van der Waals surface area (Å²) in [5.74, 6) is -2.21. The molecule has 0 aliphatic carbocycles. The second-order valence-corrected chi connectivity index (χ2v) is 7.98. The highest BCUT2D eigenvalue weighted by Gasteiger charge is 2.35. The molecular weight excluding hydrogens is 365 g/mol. The summed E-state index contributed by atoms with van der Waals surface area (Å²) in [7, 11) is -3.93. The van der Waals surface area contributed by atoms with Gasteiger partial charge in [0.2, 0.25) is 10.0 Å². The van der Waals surface area contributed by atoms with E-state index < -0.39 is 33.9 Å². The number of rotatable bonds is 5. The summed E-state index contributed by atoms with van der Waals surface area (Å²) in [5.41, 5.74) is 0. The molecule has 144 valence electrons. The molecule has 1 aliphatic rings. The Hall–Kier alpha value is -2.04. The maximum absolute atomic E-state index is 13.1. The van der Waals surface area contributed by atoms with Crippen molar-refractivity contribution >= 4 is 21.8 Å². The van der Waals surface area contributed by atoms with E-state index >= 15 is 0 Å². The maximum Gasteiger partial charge on any atom is 0.309 e. The van der Waals surface area contributed by atoms with E-state index in [2.05, 4.69) is 10.6 Å². The van der Waals surface area contributed by atoms with Gasteiger partial charge >= 0.3 is 11.8 Å². The molecule has 0 aromatic heterocycles. The molecule has 1 aliphatic heterocycles. The van der Waals surface area contributed by atoms with E-state index in [1.54, 1.807) is 13.8 Å². The number of nitrogens with zero attached hydrogens (tertiary/aromatic N) is 1. The fourth-order valence-electron chi connectivity index (χ4n) is 2.43. The number of carbonyl (C=O) groups is 2. The van der Waals surface area contributed by atoms with E-state index in [-0.39, 0.29) is 24.0 Å². The van der Waals surface area contributed by atoms with Crippen molar-refractivity contribution in [2.75, 3.05) is 19.7 Å². The van der Waals surface area contributed by atoms with Gasteiger partial charge in [0.1, 0.15) is 12.0 Å². The average Bonchev–Trinajstić information content (AvgIpc) is 2.59. The third kappa shape index (κ3) is 4.99. The predicted octanol–water partition coefficient (Wildman–Crippen LogP) is 0.204. The number of benzene rings is 1. The highest BCUT2D eigenvalue weighted by Crippen LogP contribution is 2.22. The molecule has 0 radical (unpaired) electrons. The highest BCUT2D eigenvalue weighted by atomic mass is 32.2. The first-order chi connectivity index (χ1) is 12.2. The van der Waals surface area contributed by atoms with Crippen molar-refractivity contribution in [3.63, 3.8) is 0 Å². The predicted molar refractivity (Wildman–Crippen MR) is 90.9 cm³/mol. The molecule has 1 aromatic carbocycles. The first-order valence-corrected chi connectivity index (χ1v) is 9.63. The van der Waals surface area contributed by atoms with Gasteiger partial charge in [-0.05, 0) is 44.5 Å². The molecule has 2 rings (SSSR count). The summed E-state index contributed by atoms with van der Waals surface area (Å²) in [6, 6.07) is 4.26. The lowest BCUT2D eigenvalue weighted by Crippen LogP contribution is -2.53. The Morgan fingerprint density at radius 3 is 2.54 bits per heavy atom. The molecule has 2 amide bonds. The Morgan fingerprint density at radius 2 is 1.92 bits per heavy atom. The number of ether oxygens (including phenoxy) is 1. The summed E-state index contributed by atoms with van der Waals surface area (Å²) < 4.78 is 45.1. The molecule has 2 N–H and O–H groups in total. The van der Waals surface area contributed by atoms with Crippen LogP contribution < -0.4 is 10.6 Å². The van der Waals surface area contributed by atoms with Crippen LogP contribution >= 0.6 is 0 Å². The zero-order valence-corrected chi connectivity index (χ0v) is 15.4. The Bertz CT molecular complexity index is 752. The highest BCUT2D eigenvalue weighted by molar-refractivity contribution is 7.89. The number of nitrogens with one attached hydrogen (secondary N) is 2. The van der Waals surface area contributed by atoms with Crippen LogP contribution in [0, 0.1) is 5.82 Å². The lowest BCUT2D eigenvalue weighted by molar-refractivity contribution is -0.140. The number of hydrogen-bond donors (Lipinski definition) is 2. The molecule has 1 atom stereocenters. The number of hydrogen-bond acceptors (Lipinski definition) is 5. The van der Waals surface area contributed by atoms with Gasteiger partial charge in [-0.1, -0.05) is 0 Å². The molecule has 1 saturated heterocycles. The molecule has 8 nitrogen and oxygen atoms in total. The van der Waals surface area contributed by atoms with Gasteiger partial charge in [-0.3, -0.25) is 9.59 Å². The molecule has 0 spiro atoms. The molecule has 0 bridgehead atoms. The van der Waals surface area contributed by atoms with Gasteiger partial charge in [-0.15, -0.1) is 0 Å². The lowest BCUT2D eigenvalue weighted by Gasteiger charge is -2.34. The molecule has 1 fully saturated rings. The number of amides is 2. The van der Waals surface area contributed by atoms with Gasteiger partial charge in [-0.2, -0.15) is 4.31 Å². The second-order valence-electron chi connectivity index (χ2n) is 6.09. The Labute approximate surface area is 151 Å². The minimum atomic E-state index is -3.93. The van der Waals surface area contributed by atoms with E-state index in [1.165, 1.54) is 12.1 Å². The van der Waals surface area contributed by atoms with Crippen molar-refractivity contribution in [2.24, 2.45) is 0 Å². The Kier molecular flexibility index (Phi) is 6.68. The zero-order valence-electron chi connectivity index (χ0n) is 14.6. The van der Waals surface area contributed by atoms with Crippen LogP contribution in [0.15, 0.2) is 29.2 Å². The van der Waals surface area contributed by atoms with Gasteiger partial charge in [0.05, 0.1) is 18.0 Å². The summed E-state index contributed by atoms with van der Waals surface area (Å²) in [6.07, 6.45) is -0.465. The lowest BCUT2D eigenvalue weighted by atomic mass is 10.3. The van der Waals surface area contributed by atoms with Gasteiger partial charge in [0.25, 0.3) is 0 Å². The third-order valence-electron chi connectivity index (χ3n) is 3.64. The van der Waals surface area contributed by atoms with Crippen LogP contribution in [0.1, 0.15) is 20.3 Å². The van der Waals surface area contributed by atoms with Crippen molar-refractivity contribution in [3.05, 3.63) is 30.1 Å². The van der Waals surface area contributed by atoms with E-state index in [4.69, 9.17) is 4.74 Å². The van der Waals surface area contributed by atoms with Crippen LogP contribution in [0.4, 0.5) is 4.39 Å². The minimum Gasteiger partial charge on any atom is -0.360 e. The minimum absolute atomic E-state index is 0.0710. The summed E-state index contributed by atoms with van der Waals surface area (Å²) >= 11 is 0. The molecule has 26 heavy (non-hydrogen) atoms. The van der Waals surface area contributed by atoms with Crippen LogP contribution in [0.25, 0.3) is 0 Å². The quantitative estimate of drug-likeness (QED) is 0.703. The van der Waals surface area contributed by atoms with Gasteiger partial charge in [0.15, 0.2) is 0 Å². The normalized spacial score (nSPS) is 18.5. The maximum atomic E-state index is 13.1. The van der Waals surface area contributed by atoms with Crippen LogP contribution in [-0.4, -0.2) is 56.5 Å².